The van der Waals surface area contributed by atoms with Gasteiger partial charge in [-0.05, 0) is 68.8 Å². The third-order valence-corrected chi connectivity index (χ3v) is 7.79. The van der Waals surface area contributed by atoms with E-state index in [1.165, 1.54) is 35.2 Å². The summed E-state index contributed by atoms with van der Waals surface area (Å²) in [5, 5.41) is 10.4. The number of hydrogen-bond donors (Lipinski definition) is 2. The summed E-state index contributed by atoms with van der Waals surface area (Å²) in [4.78, 5) is 42.0. The third-order valence-electron chi connectivity index (χ3n) is 7.79. The van der Waals surface area contributed by atoms with E-state index in [0.717, 1.165) is 12.1 Å². The minimum Gasteiger partial charge on any atom is -0.344 e. The quantitative estimate of drug-likeness (QED) is 0.182. The molecule has 2 heterocycles. The van der Waals surface area contributed by atoms with Crippen molar-refractivity contribution >= 4 is 23.5 Å². The second kappa shape index (κ2) is 12.6. The minimum atomic E-state index is -4.69. The molecule has 3 atom stereocenters. The predicted molar refractivity (Wildman–Crippen MR) is 164 cm³/mol. The lowest BCUT2D eigenvalue weighted by Crippen LogP contribution is -2.55. The lowest BCUT2D eigenvalue weighted by molar-refractivity contribution is -0.137. The van der Waals surface area contributed by atoms with E-state index in [2.05, 4.69) is 17.2 Å². The number of carbonyl (C=O) groups excluding carboxylic acids is 3. The number of likely N-dealkylation sites (N-methyl/N-ethyl adjacent to an activating group) is 1. The highest BCUT2D eigenvalue weighted by atomic mass is 19.4. The predicted octanol–water partition coefficient (Wildman–Crippen LogP) is 6.08. The molecule has 3 amide bonds. The highest BCUT2D eigenvalue weighted by Gasteiger charge is 2.47. The van der Waals surface area contributed by atoms with E-state index < -0.39 is 53.3 Å². The highest BCUT2D eigenvalue weighted by Crippen LogP contribution is 2.45. The minimum absolute atomic E-state index is 0.141. The van der Waals surface area contributed by atoms with Crippen molar-refractivity contribution in [1.82, 2.24) is 20.4 Å². The summed E-state index contributed by atoms with van der Waals surface area (Å²) in [7, 11) is 0. The molecular formula is C34H31F4N5O3. The first-order valence-corrected chi connectivity index (χ1v) is 14.5. The van der Waals surface area contributed by atoms with Crippen LogP contribution in [0.4, 0.5) is 23.4 Å². The van der Waals surface area contributed by atoms with Gasteiger partial charge in [-0.2, -0.15) is 18.3 Å². The molecule has 1 aliphatic rings. The fourth-order valence-electron chi connectivity index (χ4n) is 5.58. The van der Waals surface area contributed by atoms with Gasteiger partial charge in [0, 0.05) is 29.2 Å². The SMILES string of the molecule is C=C(C)C(=O)N[C@@H](C)c1nn(-c2ccccc2)c2c1[C@H](c1ccc(F)cc1)[C@H](NC(=O)c1cccc(C(F)(F)F)c1)C(=O)N2CC. The molecule has 0 saturated heterocycles. The van der Waals surface area contributed by atoms with Crippen LogP contribution in [0, 0.1) is 5.82 Å². The standard InChI is InChI=1S/C34H31F4N5O3/c1-5-42-32-27(28(20(4)39-30(44)19(2)3)41-43(32)25-12-7-6-8-13-25)26(21-14-16-24(35)17-15-21)29(33(42)46)40-31(45)22-10-9-11-23(18-22)34(36,37)38/h6-18,20,26,29H,2,5H2,1,3-4H3,(H,39,44)(H,40,45)/t20-,26-,29-/m0/s1. The number of anilines is 1. The molecule has 0 radical (unpaired) electrons. The van der Waals surface area contributed by atoms with Crippen LogP contribution in [-0.2, 0) is 15.8 Å². The van der Waals surface area contributed by atoms with Crippen LogP contribution in [-0.4, -0.2) is 40.1 Å². The van der Waals surface area contributed by atoms with Gasteiger partial charge in [0.1, 0.15) is 17.7 Å². The molecule has 0 aliphatic carbocycles. The van der Waals surface area contributed by atoms with Crippen LogP contribution >= 0.6 is 0 Å². The Morgan fingerprint density at radius 3 is 2.30 bits per heavy atom. The molecular weight excluding hydrogens is 602 g/mol. The second-order valence-electron chi connectivity index (χ2n) is 11.0. The zero-order chi connectivity index (χ0) is 33.3. The van der Waals surface area contributed by atoms with Gasteiger partial charge in [0.25, 0.3) is 11.8 Å². The number of amides is 3. The monoisotopic (exact) mass is 633 g/mol. The van der Waals surface area contributed by atoms with Crippen molar-refractivity contribution in [1.29, 1.82) is 0 Å². The van der Waals surface area contributed by atoms with Gasteiger partial charge in [0.15, 0.2) is 0 Å². The van der Waals surface area contributed by atoms with E-state index in [-0.39, 0.29) is 17.7 Å². The molecule has 0 unspecified atom stereocenters. The molecule has 46 heavy (non-hydrogen) atoms. The molecule has 0 spiro atoms. The fourth-order valence-corrected chi connectivity index (χ4v) is 5.58. The average molecular weight is 634 g/mol. The van der Waals surface area contributed by atoms with Crippen LogP contribution in [0.15, 0.2) is 91.0 Å². The normalized spacial score (nSPS) is 16.8. The van der Waals surface area contributed by atoms with E-state index in [0.29, 0.717) is 34.4 Å². The van der Waals surface area contributed by atoms with Crippen LogP contribution in [0.25, 0.3) is 5.69 Å². The Hall–Kier alpha value is -5.26. The van der Waals surface area contributed by atoms with Crippen LogP contribution in [0.3, 0.4) is 0 Å². The van der Waals surface area contributed by atoms with Gasteiger partial charge >= 0.3 is 6.18 Å². The van der Waals surface area contributed by atoms with Gasteiger partial charge in [-0.25, -0.2) is 9.07 Å². The van der Waals surface area contributed by atoms with Crippen molar-refractivity contribution in [3.63, 3.8) is 0 Å². The van der Waals surface area contributed by atoms with Crippen LogP contribution < -0.4 is 15.5 Å². The van der Waals surface area contributed by atoms with E-state index in [4.69, 9.17) is 5.10 Å². The van der Waals surface area contributed by atoms with Gasteiger partial charge in [-0.3, -0.25) is 19.3 Å². The largest absolute Gasteiger partial charge is 0.416 e. The van der Waals surface area contributed by atoms with Crippen molar-refractivity contribution in [2.24, 2.45) is 0 Å². The van der Waals surface area contributed by atoms with E-state index in [1.807, 2.05) is 6.07 Å². The van der Waals surface area contributed by atoms with Gasteiger partial charge < -0.3 is 10.6 Å². The van der Waals surface area contributed by atoms with Gasteiger partial charge in [0.05, 0.1) is 23.0 Å². The summed E-state index contributed by atoms with van der Waals surface area (Å²) < 4.78 is 56.1. The number of alkyl halides is 3. The maximum absolute atomic E-state index is 14.3. The number of benzene rings is 3. The molecule has 8 nitrogen and oxygen atoms in total. The Kier molecular flexibility index (Phi) is 8.82. The molecule has 0 fully saturated rings. The smallest absolute Gasteiger partial charge is 0.344 e. The second-order valence-corrected chi connectivity index (χ2v) is 11.0. The van der Waals surface area contributed by atoms with Crippen molar-refractivity contribution in [3.8, 4) is 5.69 Å². The topological polar surface area (TPSA) is 96.3 Å². The first kappa shape index (κ1) is 32.1. The molecule has 0 bridgehead atoms. The fraction of sp³-hybridized carbons (Fsp3) is 0.235. The summed E-state index contributed by atoms with van der Waals surface area (Å²) >= 11 is 0. The molecule has 3 aromatic carbocycles. The molecule has 1 aliphatic heterocycles. The third kappa shape index (κ3) is 6.15. The van der Waals surface area contributed by atoms with E-state index in [9.17, 15) is 31.9 Å². The highest BCUT2D eigenvalue weighted by molar-refractivity contribution is 6.05. The Morgan fingerprint density at radius 2 is 1.70 bits per heavy atom. The maximum atomic E-state index is 14.3. The van der Waals surface area contributed by atoms with E-state index >= 15 is 0 Å². The lowest BCUT2D eigenvalue weighted by Gasteiger charge is -2.39. The maximum Gasteiger partial charge on any atom is 0.416 e. The molecule has 0 saturated carbocycles. The Labute approximate surface area is 262 Å². The number of para-hydroxylation sites is 1. The summed E-state index contributed by atoms with van der Waals surface area (Å²) in [6, 6.07) is 16.2. The Balaban J connectivity index is 1.73. The van der Waals surface area contributed by atoms with Crippen LogP contribution in [0.2, 0.25) is 0 Å². The summed E-state index contributed by atoms with van der Waals surface area (Å²) in [6.45, 7) is 8.84. The summed E-state index contributed by atoms with van der Waals surface area (Å²) in [5.74, 6) is -3.01. The molecule has 1 aromatic heterocycles. The number of rotatable bonds is 8. The van der Waals surface area contributed by atoms with Gasteiger partial charge in [-0.1, -0.05) is 43.0 Å². The summed E-state index contributed by atoms with van der Waals surface area (Å²) in [6.07, 6.45) is -4.69. The number of carbonyl (C=O) groups is 3. The van der Waals surface area contributed by atoms with Crippen LogP contribution in [0.1, 0.15) is 65.5 Å². The first-order chi connectivity index (χ1) is 21.8. The Morgan fingerprint density at radius 1 is 1.02 bits per heavy atom. The van der Waals surface area contributed by atoms with Crippen LogP contribution in [0.5, 0.6) is 0 Å². The number of fused-ring (bicyclic) bond motifs is 1. The van der Waals surface area contributed by atoms with E-state index in [1.54, 1.807) is 49.7 Å². The number of halogens is 4. The molecule has 2 N–H and O–H groups in total. The number of nitrogens with one attached hydrogen (secondary N) is 2. The average Bonchev–Trinajstić information content (AvgIpc) is 3.42. The van der Waals surface area contributed by atoms with Crippen molar-refractivity contribution in [2.45, 2.75) is 44.9 Å². The lowest BCUT2D eigenvalue weighted by atomic mass is 9.80. The molecule has 12 heteroatoms. The number of hydrogen-bond acceptors (Lipinski definition) is 4. The number of nitrogens with zero attached hydrogens (tertiary/aromatic N) is 3. The van der Waals surface area contributed by atoms with Crippen molar-refractivity contribution < 1.29 is 31.9 Å². The zero-order valence-electron chi connectivity index (χ0n) is 25.2. The van der Waals surface area contributed by atoms with Gasteiger partial charge in [0.2, 0.25) is 5.91 Å². The van der Waals surface area contributed by atoms with Crippen molar-refractivity contribution in [3.05, 3.63) is 125 Å². The van der Waals surface area contributed by atoms with Gasteiger partial charge in [-0.15, -0.1) is 0 Å². The molecule has 4 aromatic rings. The molecule has 238 valence electrons. The van der Waals surface area contributed by atoms with Crippen molar-refractivity contribution in [2.75, 3.05) is 11.4 Å². The molecule has 5 rings (SSSR count). The Bertz CT molecular complexity index is 1800. The first-order valence-electron chi connectivity index (χ1n) is 14.5. The zero-order valence-corrected chi connectivity index (χ0v) is 25.2. The summed E-state index contributed by atoms with van der Waals surface area (Å²) in [5.41, 5.74) is 0.836. The number of aromatic nitrogens is 2.